The zero-order chi connectivity index (χ0) is 8.53. The molecule has 0 aliphatic carbocycles. The predicted octanol–water partition coefficient (Wildman–Crippen LogP) is 2.09. The molecule has 0 aromatic carbocycles. The summed E-state index contributed by atoms with van der Waals surface area (Å²) in [6.07, 6.45) is 2.41. The molecule has 0 heterocycles. The summed E-state index contributed by atoms with van der Waals surface area (Å²) in [6, 6.07) is 0. The van der Waals surface area contributed by atoms with Crippen LogP contribution in [-0.2, 0) is 9.47 Å². The van der Waals surface area contributed by atoms with Gasteiger partial charge in [-0.2, -0.15) is 0 Å². The van der Waals surface area contributed by atoms with Crippen LogP contribution in [0.5, 0.6) is 0 Å². The van der Waals surface area contributed by atoms with Gasteiger partial charge in [0, 0.05) is 13.7 Å². The molecule has 68 valence electrons. The first-order chi connectivity index (χ1) is 5.31. The molecule has 11 heavy (non-hydrogen) atoms. The molecule has 0 saturated heterocycles. The fourth-order valence-electron chi connectivity index (χ4n) is 0.733. The van der Waals surface area contributed by atoms with Gasteiger partial charge in [-0.15, -0.1) is 0 Å². The van der Waals surface area contributed by atoms with E-state index in [-0.39, 0.29) is 0 Å². The number of methoxy groups -OCH3 is 1. The monoisotopic (exact) mass is 160 g/mol. The second-order valence-corrected chi connectivity index (χ2v) is 2.91. The zero-order valence-corrected chi connectivity index (χ0v) is 7.93. The van der Waals surface area contributed by atoms with Crippen LogP contribution in [0.15, 0.2) is 0 Å². The number of ether oxygens (including phenoxy) is 2. The number of hydrogen-bond acceptors (Lipinski definition) is 2. The van der Waals surface area contributed by atoms with Crippen molar-refractivity contribution in [2.45, 2.75) is 26.7 Å². The molecule has 2 heteroatoms. The van der Waals surface area contributed by atoms with Gasteiger partial charge in [0.25, 0.3) is 0 Å². The van der Waals surface area contributed by atoms with E-state index in [0.717, 1.165) is 19.1 Å². The Kier molecular flexibility index (Phi) is 7.96. The summed E-state index contributed by atoms with van der Waals surface area (Å²) >= 11 is 0. The van der Waals surface area contributed by atoms with Gasteiger partial charge in [-0.05, 0) is 12.3 Å². The van der Waals surface area contributed by atoms with E-state index in [1.807, 2.05) is 0 Å². The summed E-state index contributed by atoms with van der Waals surface area (Å²) in [5.41, 5.74) is 0. The van der Waals surface area contributed by atoms with Crippen molar-refractivity contribution in [3.8, 4) is 0 Å². The van der Waals surface area contributed by atoms with Crippen molar-refractivity contribution >= 4 is 0 Å². The van der Waals surface area contributed by atoms with E-state index in [9.17, 15) is 0 Å². The van der Waals surface area contributed by atoms with E-state index in [1.54, 1.807) is 7.11 Å². The highest BCUT2D eigenvalue weighted by atomic mass is 16.5. The van der Waals surface area contributed by atoms with Gasteiger partial charge in [0.15, 0.2) is 0 Å². The van der Waals surface area contributed by atoms with Crippen molar-refractivity contribution in [2.75, 3.05) is 26.9 Å². The van der Waals surface area contributed by atoms with Crippen molar-refractivity contribution in [1.29, 1.82) is 0 Å². The molecule has 0 bridgehead atoms. The zero-order valence-electron chi connectivity index (χ0n) is 7.93. The van der Waals surface area contributed by atoms with Crippen molar-refractivity contribution in [3.63, 3.8) is 0 Å². The van der Waals surface area contributed by atoms with Gasteiger partial charge in [-0.25, -0.2) is 0 Å². The fraction of sp³-hybridized carbons (Fsp3) is 1.00. The molecule has 0 aliphatic heterocycles. The lowest BCUT2D eigenvalue weighted by molar-refractivity contribution is 0.0644. The van der Waals surface area contributed by atoms with Crippen molar-refractivity contribution < 1.29 is 9.47 Å². The molecular weight excluding hydrogens is 140 g/mol. The summed E-state index contributed by atoms with van der Waals surface area (Å²) in [5.74, 6) is 0.789. The minimum atomic E-state index is 0.709. The SMILES string of the molecule is CCC(C)CCOCCOC. The Labute approximate surface area is 69.9 Å². The Bertz CT molecular complexity index is 74.0. The standard InChI is InChI=1S/C9H20O2/c1-4-9(2)5-6-11-8-7-10-3/h9H,4-8H2,1-3H3. The lowest BCUT2D eigenvalue weighted by atomic mass is 10.1. The lowest BCUT2D eigenvalue weighted by Crippen LogP contribution is -2.05. The first-order valence-corrected chi connectivity index (χ1v) is 4.38. The second-order valence-electron chi connectivity index (χ2n) is 2.91. The van der Waals surface area contributed by atoms with Crippen LogP contribution < -0.4 is 0 Å². The maximum atomic E-state index is 5.32. The first kappa shape index (κ1) is 10.9. The summed E-state index contributed by atoms with van der Waals surface area (Å²) in [6.45, 7) is 6.77. The lowest BCUT2D eigenvalue weighted by Gasteiger charge is -2.07. The Hall–Kier alpha value is -0.0800. The van der Waals surface area contributed by atoms with E-state index < -0.39 is 0 Å². The third-order valence-electron chi connectivity index (χ3n) is 1.88. The van der Waals surface area contributed by atoms with E-state index in [1.165, 1.54) is 12.8 Å². The van der Waals surface area contributed by atoms with Crippen LogP contribution in [0.3, 0.4) is 0 Å². The van der Waals surface area contributed by atoms with Gasteiger partial charge >= 0.3 is 0 Å². The molecule has 1 unspecified atom stereocenters. The molecule has 1 atom stereocenters. The summed E-state index contributed by atoms with van der Waals surface area (Å²) in [4.78, 5) is 0. The summed E-state index contributed by atoms with van der Waals surface area (Å²) in [5, 5.41) is 0. The number of hydrogen-bond donors (Lipinski definition) is 0. The average molecular weight is 160 g/mol. The van der Waals surface area contributed by atoms with Crippen molar-refractivity contribution in [1.82, 2.24) is 0 Å². The topological polar surface area (TPSA) is 18.5 Å². The molecule has 0 N–H and O–H groups in total. The van der Waals surface area contributed by atoms with Crippen LogP contribution in [0.25, 0.3) is 0 Å². The molecule has 0 spiro atoms. The second kappa shape index (κ2) is 8.02. The quantitative estimate of drug-likeness (QED) is 0.531. The van der Waals surface area contributed by atoms with E-state index in [0.29, 0.717) is 6.61 Å². The fourth-order valence-corrected chi connectivity index (χ4v) is 0.733. The van der Waals surface area contributed by atoms with Gasteiger partial charge in [0.1, 0.15) is 0 Å². The Morgan fingerprint density at radius 1 is 1.18 bits per heavy atom. The van der Waals surface area contributed by atoms with Crippen molar-refractivity contribution in [3.05, 3.63) is 0 Å². The van der Waals surface area contributed by atoms with Crippen LogP contribution in [0, 0.1) is 5.92 Å². The summed E-state index contributed by atoms with van der Waals surface area (Å²) in [7, 11) is 1.69. The third kappa shape index (κ3) is 7.82. The van der Waals surface area contributed by atoms with Crippen molar-refractivity contribution in [2.24, 2.45) is 5.92 Å². The highest BCUT2D eigenvalue weighted by molar-refractivity contribution is 4.47. The number of rotatable bonds is 7. The predicted molar refractivity (Wildman–Crippen MR) is 46.8 cm³/mol. The Balaban J connectivity index is 2.89. The minimum Gasteiger partial charge on any atom is -0.382 e. The van der Waals surface area contributed by atoms with Crippen LogP contribution in [0.2, 0.25) is 0 Å². The van der Waals surface area contributed by atoms with Gasteiger partial charge in [-0.1, -0.05) is 20.3 Å². The van der Waals surface area contributed by atoms with Crippen LogP contribution in [0.4, 0.5) is 0 Å². The normalized spacial score (nSPS) is 13.4. The van der Waals surface area contributed by atoms with Crippen LogP contribution in [-0.4, -0.2) is 26.9 Å². The molecule has 0 amide bonds. The largest absolute Gasteiger partial charge is 0.382 e. The van der Waals surface area contributed by atoms with Crippen LogP contribution >= 0.6 is 0 Å². The summed E-state index contributed by atoms with van der Waals surface area (Å²) < 4.78 is 10.2. The molecule has 0 aromatic rings. The van der Waals surface area contributed by atoms with Gasteiger partial charge in [-0.3, -0.25) is 0 Å². The Morgan fingerprint density at radius 2 is 1.91 bits per heavy atom. The molecular formula is C9H20O2. The highest BCUT2D eigenvalue weighted by Gasteiger charge is 1.97. The third-order valence-corrected chi connectivity index (χ3v) is 1.88. The van der Waals surface area contributed by atoms with Gasteiger partial charge in [0.05, 0.1) is 13.2 Å². The molecule has 0 aromatic heterocycles. The Morgan fingerprint density at radius 3 is 2.45 bits per heavy atom. The molecule has 2 nitrogen and oxygen atoms in total. The maximum Gasteiger partial charge on any atom is 0.0700 e. The smallest absolute Gasteiger partial charge is 0.0700 e. The van der Waals surface area contributed by atoms with Gasteiger partial charge < -0.3 is 9.47 Å². The first-order valence-electron chi connectivity index (χ1n) is 4.38. The van der Waals surface area contributed by atoms with E-state index in [2.05, 4.69) is 13.8 Å². The maximum absolute atomic E-state index is 5.32. The molecule has 0 radical (unpaired) electrons. The minimum absolute atomic E-state index is 0.709. The van der Waals surface area contributed by atoms with Gasteiger partial charge in [0.2, 0.25) is 0 Å². The van der Waals surface area contributed by atoms with Crippen LogP contribution in [0.1, 0.15) is 26.7 Å². The molecule has 0 aliphatic rings. The molecule has 0 rings (SSSR count). The molecule has 0 fully saturated rings. The van der Waals surface area contributed by atoms with E-state index in [4.69, 9.17) is 9.47 Å². The average Bonchev–Trinajstić information content (AvgIpc) is 2.04. The highest BCUT2D eigenvalue weighted by Crippen LogP contribution is 2.05. The molecule has 0 saturated carbocycles. The van der Waals surface area contributed by atoms with E-state index >= 15 is 0 Å².